The molecule has 0 spiro atoms. The van der Waals surface area contributed by atoms with Gasteiger partial charge in [0.1, 0.15) is 0 Å². The average molecular weight is 359 g/mol. The van der Waals surface area contributed by atoms with Gasteiger partial charge in [-0.2, -0.15) is 0 Å². The van der Waals surface area contributed by atoms with E-state index in [1.807, 2.05) is 13.8 Å². The van der Waals surface area contributed by atoms with E-state index in [9.17, 15) is 19.7 Å². The molecule has 9 heteroatoms. The molecule has 0 saturated carbocycles. The molecule has 24 heavy (non-hydrogen) atoms. The molecular formula is C15H23ClN4O4. The first kappa shape index (κ1) is 21.8. The van der Waals surface area contributed by atoms with Crippen LogP contribution in [0, 0.1) is 16.0 Å². The van der Waals surface area contributed by atoms with Crippen LogP contribution in [-0.2, 0) is 16.0 Å². The van der Waals surface area contributed by atoms with Crippen molar-refractivity contribution in [2.24, 2.45) is 11.7 Å². The molecule has 2 amide bonds. The minimum atomic E-state index is -0.658. The third-order valence-corrected chi connectivity index (χ3v) is 3.35. The minimum absolute atomic E-state index is 0. The van der Waals surface area contributed by atoms with Crippen LogP contribution >= 0.6 is 12.4 Å². The molecule has 0 aromatic heterocycles. The summed E-state index contributed by atoms with van der Waals surface area (Å²) in [6, 6.07) is 5.71. The third kappa shape index (κ3) is 6.93. The molecule has 1 atom stereocenters. The molecule has 0 heterocycles. The van der Waals surface area contributed by atoms with E-state index in [2.05, 4.69) is 10.6 Å². The summed E-state index contributed by atoms with van der Waals surface area (Å²) in [5, 5.41) is 15.9. The second-order valence-electron chi connectivity index (χ2n) is 5.47. The molecular weight excluding hydrogens is 336 g/mol. The molecule has 0 aliphatic carbocycles. The van der Waals surface area contributed by atoms with Crippen LogP contribution in [0.2, 0.25) is 0 Å². The van der Waals surface area contributed by atoms with Crippen molar-refractivity contribution in [2.45, 2.75) is 26.3 Å². The molecule has 1 aromatic carbocycles. The lowest BCUT2D eigenvalue weighted by atomic mass is 10.1. The van der Waals surface area contributed by atoms with Crippen LogP contribution in [0.5, 0.6) is 0 Å². The topological polar surface area (TPSA) is 127 Å². The molecule has 0 aliphatic rings. The number of halogens is 1. The lowest BCUT2D eigenvalue weighted by Gasteiger charge is -2.15. The number of hydrogen-bond donors (Lipinski definition) is 3. The maximum absolute atomic E-state index is 11.6. The molecule has 0 radical (unpaired) electrons. The second-order valence-corrected chi connectivity index (χ2v) is 5.47. The number of benzene rings is 1. The van der Waals surface area contributed by atoms with Gasteiger partial charge in [-0.05, 0) is 12.3 Å². The fourth-order valence-electron chi connectivity index (χ4n) is 1.89. The highest BCUT2D eigenvalue weighted by molar-refractivity contribution is 5.87. The first-order valence-electron chi connectivity index (χ1n) is 7.35. The Bertz CT molecular complexity index is 580. The third-order valence-electron chi connectivity index (χ3n) is 3.35. The Morgan fingerprint density at radius 3 is 2.46 bits per heavy atom. The summed E-state index contributed by atoms with van der Waals surface area (Å²) < 4.78 is 0. The summed E-state index contributed by atoms with van der Waals surface area (Å²) in [6.45, 7) is 3.71. The molecule has 0 unspecified atom stereocenters. The van der Waals surface area contributed by atoms with Gasteiger partial charge in [0.2, 0.25) is 11.8 Å². The zero-order valence-electron chi connectivity index (χ0n) is 13.7. The quantitative estimate of drug-likeness (QED) is 0.467. The molecule has 0 saturated heterocycles. The highest BCUT2D eigenvalue weighted by atomic mass is 35.5. The Morgan fingerprint density at radius 2 is 1.88 bits per heavy atom. The van der Waals surface area contributed by atoms with Gasteiger partial charge < -0.3 is 16.4 Å². The van der Waals surface area contributed by atoms with E-state index in [1.54, 1.807) is 18.2 Å². The second kappa shape index (κ2) is 10.6. The Labute approximate surface area is 146 Å². The smallest absolute Gasteiger partial charge is 0.272 e. The van der Waals surface area contributed by atoms with Gasteiger partial charge in [0.05, 0.1) is 17.5 Å². The van der Waals surface area contributed by atoms with E-state index >= 15 is 0 Å². The maximum atomic E-state index is 11.6. The molecule has 4 N–H and O–H groups in total. The van der Waals surface area contributed by atoms with Gasteiger partial charge in [0.15, 0.2) is 0 Å². The van der Waals surface area contributed by atoms with Crippen molar-refractivity contribution in [3.8, 4) is 0 Å². The van der Waals surface area contributed by atoms with Crippen LogP contribution < -0.4 is 16.4 Å². The van der Waals surface area contributed by atoms with E-state index in [4.69, 9.17) is 5.73 Å². The van der Waals surface area contributed by atoms with Crippen LogP contribution in [0.3, 0.4) is 0 Å². The number of rotatable bonds is 8. The molecule has 0 bridgehead atoms. The Hall–Kier alpha value is -2.19. The van der Waals surface area contributed by atoms with Crippen LogP contribution in [0.4, 0.5) is 5.69 Å². The number of amides is 2. The fraction of sp³-hybridized carbons (Fsp3) is 0.467. The predicted molar refractivity (Wildman–Crippen MR) is 92.9 cm³/mol. The fourth-order valence-corrected chi connectivity index (χ4v) is 1.89. The zero-order valence-corrected chi connectivity index (χ0v) is 14.5. The van der Waals surface area contributed by atoms with Gasteiger partial charge in [0.25, 0.3) is 5.69 Å². The number of carbonyl (C=O) groups is 2. The lowest BCUT2D eigenvalue weighted by Crippen LogP contribution is -2.47. The zero-order chi connectivity index (χ0) is 17.4. The highest BCUT2D eigenvalue weighted by Crippen LogP contribution is 2.17. The van der Waals surface area contributed by atoms with Crippen molar-refractivity contribution in [3.63, 3.8) is 0 Å². The van der Waals surface area contributed by atoms with Gasteiger partial charge in [-0.25, -0.2) is 0 Å². The predicted octanol–water partition coefficient (Wildman–Crippen LogP) is 0.775. The maximum Gasteiger partial charge on any atom is 0.272 e. The van der Waals surface area contributed by atoms with Gasteiger partial charge in [-0.1, -0.05) is 32.0 Å². The monoisotopic (exact) mass is 358 g/mol. The van der Waals surface area contributed by atoms with E-state index in [0.29, 0.717) is 12.0 Å². The Morgan fingerprint density at radius 1 is 1.25 bits per heavy atom. The normalized spacial score (nSPS) is 11.3. The first-order valence-corrected chi connectivity index (χ1v) is 7.35. The molecule has 8 nitrogen and oxygen atoms in total. The van der Waals surface area contributed by atoms with Gasteiger partial charge in [-0.3, -0.25) is 19.7 Å². The van der Waals surface area contributed by atoms with Gasteiger partial charge in [0, 0.05) is 18.2 Å². The van der Waals surface area contributed by atoms with Gasteiger partial charge in [-0.15, -0.1) is 12.4 Å². The Kier molecular flexibility index (Phi) is 9.60. The summed E-state index contributed by atoms with van der Waals surface area (Å²) in [4.78, 5) is 33.7. The summed E-state index contributed by atoms with van der Waals surface area (Å²) in [5.74, 6) is -0.765. The van der Waals surface area contributed by atoms with Crippen LogP contribution in [0.15, 0.2) is 24.3 Å². The number of hydrogen-bond acceptors (Lipinski definition) is 5. The molecule has 0 fully saturated rings. The van der Waals surface area contributed by atoms with Crippen molar-refractivity contribution in [1.29, 1.82) is 0 Å². The Balaban J connectivity index is 0.00000529. The first-order chi connectivity index (χ1) is 10.8. The highest BCUT2D eigenvalue weighted by Gasteiger charge is 2.17. The lowest BCUT2D eigenvalue weighted by molar-refractivity contribution is -0.385. The summed E-state index contributed by atoms with van der Waals surface area (Å²) in [6.07, 6.45) is 0.336. The number of para-hydroxylation sites is 1. The van der Waals surface area contributed by atoms with Crippen molar-refractivity contribution in [1.82, 2.24) is 10.6 Å². The number of nitro groups is 1. The molecule has 134 valence electrons. The number of nitrogens with zero attached hydrogens (tertiary/aromatic N) is 1. The largest absolute Gasteiger partial charge is 0.354 e. The average Bonchev–Trinajstić information content (AvgIpc) is 2.52. The van der Waals surface area contributed by atoms with Crippen molar-refractivity contribution < 1.29 is 14.5 Å². The van der Waals surface area contributed by atoms with Crippen molar-refractivity contribution >= 4 is 29.9 Å². The molecule has 1 rings (SSSR count). The number of nitro benzene ring substituents is 1. The standard InChI is InChI=1S/C15H22N4O4.ClH/c1-10(2)14(16)15(21)18-9-13(20)17-8-7-11-5-3-4-6-12(11)19(22)23;/h3-6,10,14H,7-9,16H2,1-2H3,(H,17,20)(H,18,21);1H/t14-;/m0./s1. The van der Waals surface area contributed by atoms with E-state index in [-0.39, 0.29) is 48.9 Å². The van der Waals surface area contributed by atoms with Crippen molar-refractivity contribution in [2.75, 3.05) is 13.1 Å². The van der Waals surface area contributed by atoms with Crippen LogP contribution in [0.25, 0.3) is 0 Å². The van der Waals surface area contributed by atoms with E-state index in [1.165, 1.54) is 6.07 Å². The number of nitrogens with one attached hydrogen (secondary N) is 2. The summed E-state index contributed by atoms with van der Waals surface area (Å²) >= 11 is 0. The van der Waals surface area contributed by atoms with Gasteiger partial charge >= 0.3 is 0 Å². The number of nitrogens with two attached hydrogens (primary N) is 1. The number of carbonyl (C=O) groups excluding carboxylic acids is 2. The minimum Gasteiger partial charge on any atom is -0.354 e. The van der Waals surface area contributed by atoms with Crippen molar-refractivity contribution in [3.05, 3.63) is 39.9 Å². The SMILES string of the molecule is CC(C)[C@H](N)C(=O)NCC(=O)NCCc1ccccc1[N+](=O)[O-].Cl. The van der Waals surface area contributed by atoms with E-state index < -0.39 is 11.0 Å². The van der Waals surface area contributed by atoms with E-state index in [0.717, 1.165) is 0 Å². The van der Waals surface area contributed by atoms with Crippen LogP contribution in [-0.4, -0.2) is 35.9 Å². The van der Waals surface area contributed by atoms with Crippen LogP contribution in [0.1, 0.15) is 19.4 Å². The summed E-state index contributed by atoms with van der Waals surface area (Å²) in [7, 11) is 0. The summed E-state index contributed by atoms with van der Waals surface area (Å²) in [5.41, 5.74) is 6.23. The molecule has 1 aromatic rings. The molecule has 0 aliphatic heterocycles.